The van der Waals surface area contributed by atoms with Crippen molar-refractivity contribution in [1.29, 1.82) is 0 Å². The van der Waals surface area contributed by atoms with Crippen molar-refractivity contribution in [2.75, 3.05) is 42.9 Å². The van der Waals surface area contributed by atoms with Crippen molar-refractivity contribution in [2.45, 2.75) is 57.7 Å². The predicted octanol–water partition coefficient (Wildman–Crippen LogP) is 4.44. The van der Waals surface area contributed by atoms with Crippen LogP contribution in [0.4, 0.5) is 16.6 Å². The van der Waals surface area contributed by atoms with E-state index >= 15 is 0 Å². The first-order chi connectivity index (χ1) is 18.0. The van der Waals surface area contributed by atoms with Crippen LogP contribution in [0.1, 0.15) is 67.8 Å². The van der Waals surface area contributed by atoms with E-state index in [4.69, 9.17) is 9.72 Å². The van der Waals surface area contributed by atoms with Gasteiger partial charge in [-0.15, -0.1) is 0 Å². The molecular weight excluding hydrogens is 468 g/mol. The molecule has 9 nitrogen and oxygen atoms in total. The van der Waals surface area contributed by atoms with Gasteiger partial charge in [0.15, 0.2) is 0 Å². The second kappa shape index (κ2) is 11.3. The molecule has 1 aromatic carbocycles. The van der Waals surface area contributed by atoms with Gasteiger partial charge in [-0.3, -0.25) is 14.6 Å². The average molecular weight is 505 g/mol. The number of amides is 2. The van der Waals surface area contributed by atoms with Gasteiger partial charge < -0.3 is 15.0 Å². The lowest BCUT2D eigenvalue weighted by Crippen LogP contribution is -2.49. The van der Waals surface area contributed by atoms with Crippen LogP contribution in [-0.2, 0) is 16.1 Å². The molecule has 2 amide bonds. The highest BCUT2D eigenvalue weighted by Gasteiger charge is 2.29. The molecule has 0 radical (unpaired) electrons. The fourth-order valence-corrected chi connectivity index (χ4v) is 5.49. The number of hydrogen-bond donors (Lipinski definition) is 1. The number of hydrogen-bond acceptors (Lipinski definition) is 7. The van der Waals surface area contributed by atoms with Gasteiger partial charge in [0.2, 0.25) is 11.9 Å². The molecule has 0 saturated carbocycles. The van der Waals surface area contributed by atoms with E-state index in [0.29, 0.717) is 24.4 Å². The molecule has 4 bridgehead atoms. The van der Waals surface area contributed by atoms with Gasteiger partial charge in [0, 0.05) is 45.0 Å². The van der Waals surface area contributed by atoms with Gasteiger partial charge in [-0.05, 0) is 37.0 Å². The molecule has 5 heterocycles. The Morgan fingerprint density at radius 3 is 2.54 bits per heavy atom. The molecule has 196 valence electrons. The standard InChI is InChI=1S/C28H36N6O3/c1-3-25(35)33-16-14-32(15-17-33)24-8-6-4-5-7-13-34-26-23(19-37-28(34)36)18-29-27(31-26)30-20(2)21-9-11-22(24)12-10-21/h3,9-12,18,20,24H,1,4-8,13-17,19H2,2H3,(H,29,30,31)/t20-,24?/m1/s1. The van der Waals surface area contributed by atoms with Crippen molar-refractivity contribution in [3.63, 3.8) is 0 Å². The van der Waals surface area contributed by atoms with Crippen LogP contribution in [0, 0.1) is 0 Å². The van der Waals surface area contributed by atoms with Crippen LogP contribution in [0.3, 0.4) is 0 Å². The number of fused-ring (bicyclic) bond motifs is 9. The molecule has 1 fully saturated rings. The lowest BCUT2D eigenvalue weighted by molar-refractivity contribution is -0.128. The van der Waals surface area contributed by atoms with E-state index in [-0.39, 0.29) is 24.6 Å². The Kier molecular flexibility index (Phi) is 7.69. The zero-order chi connectivity index (χ0) is 25.8. The molecule has 1 unspecified atom stereocenters. The number of nitrogens with zero attached hydrogens (tertiary/aromatic N) is 5. The largest absolute Gasteiger partial charge is 0.444 e. The minimum absolute atomic E-state index is 0.00122. The normalized spacial score (nSPS) is 23.1. The van der Waals surface area contributed by atoms with E-state index in [1.54, 1.807) is 11.1 Å². The first-order valence-electron chi connectivity index (χ1n) is 13.4. The summed E-state index contributed by atoms with van der Waals surface area (Å²) in [6, 6.07) is 9.15. The molecule has 1 N–H and O–H groups in total. The van der Waals surface area contributed by atoms with Crippen molar-refractivity contribution in [3.8, 4) is 0 Å². The minimum atomic E-state index is -0.340. The zero-order valence-corrected chi connectivity index (χ0v) is 21.6. The summed E-state index contributed by atoms with van der Waals surface area (Å²) in [4.78, 5) is 39.8. The number of piperazine rings is 1. The van der Waals surface area contributed by atoms with Crippen LogP contribution in [0.25, 0.3) is 0 Å². The number of cyclic esters (lactones) is 1. The number of carbonyl (C=O) groups is 2. The highest BCUT2D eigenvalue weighted by molar-refractivity contribution is 5.89. The summed E-state index contributed by atoms with van der Waals surface area (Å²) in [5, 5.41) is 3.40. The third kappa shape index (κ3) is 5.61. The zero-order valence-electron chi connectivity index (χ0n) is 21.6. The molecule has 0 spiro atoms. The van der Waals surface area contributed by atoms with E-state index in [9.17, 15) is 9.59 Å². The van der Waals surface area contributed by atoms with Gasteiger partial charge in [-0.1, -0.05) is 50.1 Å². The van der Waals surface area contributed by atoms with Crippen LogP contribution >= 0.6 is 0 Å². The summed E-state index contributed by atoms with van der Waals surface area (Å²) < 4.78 is 5.36. The summed E-state index contributed by atoms with van der Waals surface area (Å²) in [5.41, 5.74) is 3.29. The van der Waals surface area contributed by atoms with Crippen LogP contribution in [0.15, 0.2) is 43.1 Å². The van der Waals surface area contributed by atoms with Gasteiger partial charge in [-0.25, -0.2) is 9.78 Å². The molecule has 37 heavy (non-hydrogen) atoms. The van der Waals surface area contributed by atoms with Gasteiger partial charge in [0.05, 0.1) is 11.6 Å². The third-order valence-corrected chi connectivity index (χ3v) is 7.69. The summed E-state index contributed by atoms with van der Waals surface area (Å²) in [6.45, 7) is 9.68. The Balaban J connectivity index is 1.37. The molecular formula is C28H36N6O3. The van der Waals surface area contributed by atoms with Crippen molar-refractivity contribution in [1.82, 2.24) is 19.8 Å². The fraction of sp³-hybridized carbons (Fsp3) is 0.500. The van der Waals surface area contributed by atoms with Crippen molar-refractivity contribution < 1.29 is 14.3 Å². The van der Waals surface area contributed by atoms with E-state index in [2.05, 4.69) is 53.0 Å². The Morgan fingerprint density at radius 2 is 1.78 bits per heavy atom. The molecule has 0 aliphatic carbocycles. The fourth-order valence-electron chi connectivity index (χ4n) is 5.49. The van der Waals surface area contributed by atoms with Gasteiger partial charge in [0.25, 0.3) is 0 Å². The van der Waals surface area contributed by atoms with Crippen molar-refractivity contribution in [3.05, 3.63) is 59.8 Å². The molecule has 4 aliphatic heterocycles. The quantitative estimate of drug-likeness (QED) is 0.605. The monoisotopic (exact) mass is 504 g/mol. The van der Waals surface area contributed by atoms with Gasteiger partial charge >= 0.3 is 6.09 Å². The summed E-state index contributed by atoms with van der Waals surface area (Å²) in [5.74, 6) is 1.16. The van der Waals surface area contributed by atoms with Crippen LogP contribution in [0.5, 0.6) is 0 Å². The maximum atomic E-state index is 12.5. The average Bonchev–Trinajstić information content (AvgIpc) is 2.93. The van der Waals surface area contributed by atoms with Crippen LogP contribution in [0.2, 0.25) is 0 Å². The summed E-state index contributed by atoms with van der Waals surface area (Å²) >= 11 is 0. The molecule has 1 saturated heterocycles. The maximum Gasteiger partial charge on any atom is 0.415 e. The number of anilines is 2. The van der Waals surface area contributed by atoms with E-state index in [1.807, 2.05) is 4.90 Å². The molecule has 2 aromatic rings. The highest BCUT2D eigenvalue weighted by Crippen LogP contribution is 2.31. The van der Waals surface area contributed by atoms with Crippen molar-refractivity contribution in [2.24, 2.45) is 0 Å². The second-order valence-corrected chi connectivity index (χ2v) is 10.1. The summed E-state index contributed by atoms with van der Waals surface area (Å²) in [7, 11) is 0. The molecule has 2 atom stereocenters. The number of aromatic nitrogens is 2. The molecule has 9 heteroatoms. The number of nitrogens with one attached hydrogen (secondary N) is 1. The highest BCUT2D eigenvalue weighted by atomic mass is 16.6. The van der Waals surface area contributed by atoms with E-state index in [0.717, 1.165) is 69.4 Å². The number of carbonyl (C=O) groups excluding carboxylic acids is 2. The Bertz CT molecular complexity index is 1130. The Hall–Kier alpha value is -3.46. The third-order valence-electron chi connectivity index (χ3n) is 7.69. The van der Waals surface area contributed by atoms with Gasteiger partial charge in [0.1, 0.15) is 12.4 Å². The van der Waals surface area contributed by atoms with Gasteiger partial charge in [-0.2, -0.15) is 4.98 Å². The second-order valence-electron chi connectivity index (χ2n) is 10.1. The van der Waals surface area contributed by atoms with Crippen LogP contribution < -0.4 is 10.2 Å². The molecule has 6 rings (SSSR count). The van der Waals surface area contributed by atoms with Crippen molar-refractivity contribution >= 4 is 23.8 Å². The Morgan fingerprint density at radius 1 is 1.05 bits per heavy atom. The first-order valence-corrected chi connectivity index (χ1v) is 13.4. The maximum absolute atomic E-state index is 12.5. The topological polar surface area (TPSA) is 90.9 Å². The minimum Gasteiger partial charge on any atom is -0.444 e. The lowest BCUT2D eigenvalue weighted by atomic mass is 9.95. The first kappa shape index (κ1) is 25.2. The SMILES string of the molecule is C=CC(=O)N1CCN(C2CCCCCCN3C(=O)OCc4cnc(nc43)N[C@H](C)c3ccc2cc3)CC1. The molecule has 4 aliphatic rings. The van der Waals surface area contributed by atoms with E-state index in [1.165, 1.54) is 11.6 Å². The number of benzene rings is 1. The Labute approximate surface area is 218 Å². The molecule has 1 aromatic heterocycles. The van der Waals surface area contributed by atoms with Crippen LogP contribution in [-0.4, -0.2) is 64.5 Å². The lowest BCUT2D eigenvalue weighted by Gasteiger charge is -2.39. The smallest absolute Gasteiger partial charge is 0.415 e. The predicted molar refractivity (Wildman–Crippen MR) is 142 cm³/mol. The van der Waals surface area contributed by atoms with E-state index < -0.39 is 0 Å². The number of rotatable bonds is 2. The summed E-state index contributed by atoms with van der Waals surface area (Å²) in [6.07, 6.45) is 7.98. The number of ether oxygens (including phenoxy) is 1.